The van der Waals surface area contributed by atoms with Gasteiger partial charge in [0.25, 0.3) is 0 Å². The molecule has 0 radical (unpaired) electrons. The molecule has 20 heavy (non-hydrogen) atoms. The zero-order valence-electron chi connectivity index (χ0n) is 11.6. The first-order chi connectivity index (χ1) is 9.47. The summed E-state index contributed by atoms with van der Waals surface area (Å²) in [5, 5.41) is 11.4. The van der Waals surface area contributed by atoms with E-state index in [1.165, 1.54) is 0 Å². The first-order valence-electron chi connectivity index (χ1n) is 6.73. The smallest absolute Gasteiger partial charge is 0.303 e. The van der Waals surface area contributed by atoms with Crippen molar-refractivity contribution in [2.75, 3.05) is 0 Å². The van der Waals surface area contributed by atoms with Gasteiger partial charge in [-0.2, -0.15) is 0 Å². The number of carboxylic acids is 1. The third-order valence-corrected chi connectivity index (χ3v) is 3.46. The maximum absolute atomic E-state index is 11.8. The first-order valence-corrected chi connectivity index (χ1v) is 7.52. The molecule has 1 rings (SSSR count). The summed E-state index contributed by atoms with van der Waals surface area (Å²) in [7, 11) is 0. The molecular formula is C15H20BrNO3. The van der Waals surface area contributed by atoms with E-state index in [0.717, 1.165) is 10.0 Å². The van der Waals surface area contributed by atoms with Crippen LogP contribution >= 0.6 is 15.9 Å². The topological polar surface area (TPSA) is 66.4 Å². The van der Waals surface area contributed by atoms with Gasteiger partial charge >= 0.3 is 5.97 Å². The van der Waals surface area contributed by atoms with Crippen molar-refractivity contribution in [2.24, 2.45) is 0 Å². The summed E-state index contributed by atoms with van der Waals surface area (Å²) in [6, 6.07) is 7.92. The Kier molecular flexibility index (Phi) is 7.30. The molecule has 0 saturated heterocycles. The molecule has 0 bridgehead atoms. The number of amides is 1. The van der Waals surface area contributed by atoms with E-state index in [4.69, 9.17) is 5.11 Å². The van der Waals surface area contributed by atoms with Crippen molar-refractivity contribution in [3.05, 3.63) is 34.3 Å². The van der Waals surface area contributed by atoms with Crippen LogP contribution < -0.4 is 5.32 Å². The van der Waals surface area contributed by atoms with Crippen LogP contribution in [-0.4, -0.2) is 23.0 Å². The second-order valence-electron chi connectivity index (χ2n) is 4.88. The van der Waals surface area contributed by atoms with E-state index in [1.807, 2.05) is 31.2 Å². The number of benzene rings is 1. The van der Waals surface area contributed by atoms with Gasteiger partial charge < -0.3 is 10.4 Å². The van der Waals surface area contributed by atoms with Crippen molar-refractivity contribution < 1.29 is 14.7 Å². The van der Waals surface area contributed by atoms with Gasteiger partial charge in [-0.15, -0.1) is 0 Å². The minimum Gasteiger partial charge on any atom is -0.481 e. The van der Waals surface area contributed by atoms with Crippen LogP contribution in [0.2, 0.25) is 0 Å². The summed E-state index contributed by atoms with van der Waals surface area (Å²) >= 11 is 3.40. The predicted octanol–water partition coefficient (Wildman–Crippen LogP) is 3.14. The summed E-state index contributed by atoms with van der Waals surface area (Å²) in [4.78, 5) is 22.2. The molecule has 0 heterocycles. The number of hydrogen-bond donors (Lipinski definition) is 2. The van der Waals surface area contributed by atoms with E-state index in [1.54, 1.807) is 0 Å². The highest BCUT2D eigenvalue weighted by atomic mass is 79.9. The SMILES string of the molecule is CC(CCCC(=O)O)NC(=O)CCc1cccc(Br)c1. The number of rotatable bonds is 8. The van der Waals surface area contributed by atoms with Crippen LogP contribution in [0.5, 0.6) is 0 Å². The summed E-state index contributed by atoms with van der Waals surface area (Å²) in [6.45, 7) is 1.90. The molecule has 0 fully saturated rings. The molecule has 1 unspecified atom stereocenters. The van der Waals surface area contributed by atoms with E-state index in [0.29, 0.717) is 25.7 Å². The molecule has 2 N–H and O–H groups in total. The van der Waals surface area contributed by atoms with Crippen molar-refractivity contribution >= 4 is 27.8 Å². The minimum absolute atomic E-state index is 0.00722. The molecule has 0 aliphatic heterocycles. The van der Waals surface area contributed by atoms with Crippen LogP contribution in [0, 0.1) is 0 Å². The number of aryl methyl sites for hydroxylation is 1. The molecule has 110 valence electrons. The molecule has 0 aliphatic rings. The van der Waals surface area contributed by atoms with Crippen molar-refractivity contribution in [3.8, 4) is 0 Å². The lowest BCUT2D eigenvalue weighted by Crippen LogP contribution is -2.32. The quantitative estimate of drug-likeness (QED) is 0.763. The van der Waals surface area contributed by atoms with Crippen molar-refractivity contribution in [1.82, 2.24) is 5.32 Å². The fraction of sp³-hybridized carbons (Fsp3) is 0.467. The first kappa shape index (κ1) is 16.7. The molecule has 0 spiro atoms. The van der Waals surface area contributed by atoms with E-state index >= 15 is 0 Å². The van der Waals surface area contributed by atoms with Crippen molar-refractivity contribution in [2.45, 2.75) is 45.1 Å². The average Bonchev–Trinajstić information content (AvgIpc) is 2.36. The van der Waals surface area contributed by atoms with Gasteiger partial charge in [-0.25, -0.2) is 0 Å². The second kappa shape index (κ2) is 8.74. The van der Waals surface area contributed by atoms with Crippen molar-refractivity contribution in [1.29, 1.82) is 0 Å². The number of carbonyl (C=O) groups excluding carboxylic acids is 1. The van der Waals surface area contributed by atoms with Crippen LogP contribution in [0.15, 0.2) is 28.7 Å². The van der Waals surface area contributed by atoms with Gasteiger partial charge in [0.1, 0.15) is 0 Å². The van der Waals surface area contributed by atoms with E-state index in [9.17, 15) is 9.59 Å². The maximum Gasteiger partial charge on any atom is 0.303 e. The third-order valence-electron chi connectivity index (χ3n) is 2.96. The highest BCUT2D eigenvalue weighted by Crippen LogP contribution is 2.13. The maximum atomic E-state index is 11.8. The molecule has 0 saturated carbocycles. The standard InChI is InChI=1S/C15H20BrNO3/c1-11(4-2-7-15(19)20)17-14(18)9-8-12-5-3-6-13(16)10-12/h3,5-6,10-11H,2,4,7-9H2,1H3,(H,17,18)(H,19,20). The number of hydrogen-bond acceptors (Lipinski definition) is 2. The Bertz CT molecular complexity index is 462. The monoisotopic (exact) mass is 341 g/mol. The molecule has 0 aliphatic carbocycles. The predicted molar refractivity (Wildman–Crippen MR) is 81.6 cm³/mol. The summed E-state index contributed by atoms with van der Waals surface area (Å²) in [5.74, 6) is -0.786. The van der Waals surface area contributed by atoms with E-state index < -0.39 is 5.97 Å². The van der Waals surface area contributed by atoms with Crippen LogP contribution in [0.1, 0.15) is 38.2 Å². The normalized spacial score (nSPS) is 11.9. The number of aliphatic carboxylic acids is 1. The van der Waals surface area contributed by atoms with Gasteiger partial charge in [0.05, 0.1) is 0 Å². The zero-order chi connectivity index (χ0) is 15.0. The lowest BCUT2D eigenvalue weighted by Gasteiger charge is -2.13. The Morgan fingerprint density at radius 1 is 1.35 bits per heavy atom. The number of carbonyl (C=O) groups is 2. The minimum atomic E-state index is -0.793. The van der Waals surface area contributed by atoms with Crippen LogP contribution in [0.25, 0.3) is 0 Å². The average molecular weight is 342 g/mol. The van der Waals surface area contributed by atoms with Gasteiger partial charge in [-0.05, 0) is 43.9 Å². The van der Waals surface area contributed by atoms with Crippen LogP contribution in [0.4, 0.5) is 0 Å². The van der Waals surface area contributed by atoms with E-state index in [-0.39, 0.29) is 18.4 Å². The molecule has 1 aromatic carbocycles. The number of carboxylic acid groups (broad SMARTS) is 1. The fourth-order valence-electron chi connectivity index (χ4n) is 1.93. The highest BCUT2D eigenvalue weighted by Gasteiger charge is 2.08. The van der Waals surface area contributed by atoms with Gasteiger partial charge in [-0.3, -0.25) is 9.59 Å². The number of nitrogens with one attached hydrogen (secondary N) is 1. The lowest BCUT2D eigenvalue weighted by molar-refractivity contribution is -0.137. The van der Waals surface area contributed by atoms with Gasteiger partial charge in [0.15, 0.2) is 0 Å². The second-order valence-corrected chi connectivity index (χ2v) is 5.80. The van der Waals surface area contributed by atoms with Crippen LogP contribution in [-0.2, 0) is 16.0 Å². The molecule has 5 heteroatoms. The molecule has 1 aromatic rings. The van der Waals surface area contributed by atoms with Gasteiger partial charge in [0, 0.05) is 23.4 Å². The molecule has 1 amide bonds. The lowest BCUT2D eigenvalue weighted by atomic mass is 10.1. The van der Waals surface area contributed by atoms with E-state index in [2.05, 4.69) is 21.2 Å². The Hall–Kier alpha value is -1.36. The highest BCUT2D eigenvalue weighted by molar-refractivity contribution is 9.10. The number of halogens is 1. The summed E-state index contributed by atoms with van der Waals surface area (Å²) in [5.41, 5.74) is 1.12. The summed E-state index contributed by atoms with van der Waals surface area (Å²) < 4.78 is 1.01. The summed E-state index contributed by atoms with van der Waals surface area (Å²) in [6.07, 6.45) is 2.57. The Morgan fingerprint density at radius 2 is 2.10 bits per heavy atom. The zero-order valence-corrected chi connectivity index (χ0v) is 13.1. The molecule has 0 aromatic heterocycles. The third kappa shape index (κ3) is 7.28. The van der Waals surface area contributed by atoms with Crippen molar-refractivity contribution in [3.63, 3.8) is 0 Å². The van der Waals surface area contributed by atoms with Gasteiger partial charge in [0.2, 0.25) is 5.91 Å². The Labute approximate surface area is 127 Å². The fourth-order valence-corrected chi connectivity index (χ4v) is 2.38. The van der Waals surface area contributed by atoms with Gasteiger partial charge in [-0.1, -0.05) is 28.1 Å². The molecule has 4 nitrogen and oxygen atoms in total. The largest absolute Gasteiger partial charge is 0.481 e. The Morgan fingerprint density at radius 3 is 2.75 bits per heavy atom. The molecule has 1 atom stereocenters. The van der Waals surface area contributed by atoms with Crippen LogP contribution in [0.3, 0.4) is 0 Å². The molecular weight excluding hydrogens is 322 g/mol. The Balaban J connectivity index is 2.24.